The largest absolute Gasteiger partial charge is 0.494 e. The lowest BCUT2D eigenvalue weighted by atomic mass is 10.0. The van der Waals surface area contributed by atoms with Crippen LogP contribution in [0.1, 0.15) is 11.3 Å². The van der Waals surface area contributed by atoms with Gasteiger partial charge < -0.3 is 10.5 Å². The van der Waals surface area contributed by atoms with Gasteiger partial charge in [0.25, 0.3) is 0 Å². The van der Waals surface area contributed by atoms with Crippen LogP contribution in [-0.2, 0) is 6.42 Å². The topological polar surface area (TPSA) is 48.1 Å². The molecule has 2 aromatic rings. The van der Waals surface area contributed by atoms with Crippen LogP contribution in [0.4, 0.5) is 5.69 Å². The van der Waals surface area contributed by atoms with Crippen molar-refractivity contribution in [2.75, 3.05) is 12.8 Å². The third-order valence-corrected chi connectivity index (χ3v) is 2.90. The van der Waals surface area contributed by atoms with E-state index in [1.807, 2.05) is 31.2 Å². The number of allylic oxidation sites excluding steroid dienone is 1. The second kappa shape index (κ2) is 4.45. The fourth-order valence-corrected chi connectivity index (χ4v) is 2.01. The van der Waals surface area contributed by atoms with Gasteiger partial charge in [-0.05, 0) is 19.4 Å². The fraction of sp³-hybridized carbons (Fsp3) is 0.214. The average molecular weight is 228 g/mol. The van der Waals surface area contributed by atoms with Gasteiger partial charge in [0.15, 0.2) is 0 Å². The maximum absolute atomic E-state index is 6.19. The SMILES string of the molecule is C=CCc1c(C)nc2c(OC)cccc2c1N. The van der Waals surface area contributed by atoms with E-state index in [0.29, 0.717) is 0 Å². The molecule has 0 fully saturated rings. The zero-order chi connectivity index (χ0) is 12.4. The van der Waals surface area contributed by atoms with Crippen LogP contribution in [0.15, 0.2) is 30.9 Å². The molecule has 88 valence electrons. The number of pyridine rings is 1. The van der Waals surface area contributed by atoms with Crippen LogP contribution in [0.25, 0.3) is 10.9 Å². The molecule has 17 heavy (non-hydrogen) atoms. The molecular formula is C14H16N2O. The van der Waals surface area contributed by atoms with Crippen LogP contribution < -0.4 is 10.5 Å². The quantitative estimate of drug-likeness (QED) is 0.822. The first-order chi connectivity index (χ1) is 8.19. The number of aromatic nitrogens is 1. The highest BCUT2D eigenvalue weighted by Crippen LogP contribution is 2.31. The fourth-order valence-electron chi connectivity index (χ4n) is 2.01. The monoisotopic (exact) mass is 228 g/mol. The molecule has 0 bridgehead atoms. The summed E-state index contributed by atoms with van der Waals surface area (Å²) in [5.41, 5.74) is 9.75. The van der Waals surface area contributed by atoms with Gasteiger partial charge in [0.1, 0.15) is 11.3 Å². The Balaban J connectivity index is 2.80. The highest BCUT2D eigenvalue weighted by atomic mass is 16.5. The summed E-state index contributed by atoms with van der Waals surface area (Å²) in [5.74, 6) is 0.752. The first-order valence-electron chi connectivity index (χ1n) is 5.51. The van der Waals surface area contributed by atoms with Gasteiger partial charge in [0.05, 0.1) is 7.11 Å². The van der Waals surface area contributed by atoms with E-state index in [0.717, 1.165) is 40.0 Å². The zero-order valence-corrected chi connectivity index (χ0v) is 10.2. The summed E-state index contributed by atoms with van der Waals surface area (Å²) in [4.78, 5) is 4.57. The van der Waals surface area contributed by atoms with Crippen molar-refractivity contribution in [3.8, 4) is 5.75 Å². The van der Waals surface area contributed by atoms with Crippen LogP contribution in [0.5, 0.6) is 5.75 Å². The van der Waals surface area contributed by atoms with Crippen LogP contribution in [-0.4, -0.2) is 12.1 Å². The number of nitrogens with two attached hydrogens (primary N) is 1. The molecule has 0 aliphatic heterocycles. The van der Waals surface area contributed by atoms with Gasteiger partial charge >= 0.3 is 0 Å². The normalized spacial score (nSPS) is 10.5. The minimum atomic E-state index is 0.734. The number of fused-ring (bicyclic) bond motifs is 1. The number of para-hydroxylation sites is 1. The van der Waals surface area contributed by atoms with Crippen LogP contribution in [0, 0.1) is 6.92 Å². The number of nitrogens with zero attached hydrogens (tertiary/aromatic N) is 1. The Kier molecular flexibility index (Phi) is 3.00. The maximum atomic E-state index is 6.19. The highest BCUT2D eigenvalue weighted by Gasteiger charge is 2.11. The summed E-state index contributed by atoms with van der Waals surface area (Å²) in [6.07, 6.45) is 2.57. The molecule has 0 atom stereocenters. The van der Waals surface area contributed by atoms with Crippen molar-refractivity contribution in [1.82, 2.24) is 4.98 Å². The second-order valence-electron chi connectivity index (χ2n) is 3.94. The number of benzene rings is 1. The van der Waals surface area contributed by atoms with Gasteiger partial charge in [-0.2, -0.15) is 0 Å². The predicted octanol–water partition coefficient (Wildman–Crippen LogP) is 2.86. The summed E-state index contributed by atoms with van der Waals surface area (Å²) in [5, 5.41) is 0.937. The first-order valence-corrected chi connectivity index (χ1v) is 5.51. The second-order valence-corrected chi connectivity index (χ2v) is 3.94. The number of aryl methyl sites for hydroxylation is 1. The van der Waals surface area contributed by atoms with E-state index in [-0.39, 0.29) is 0 Å². The van der Waals surface area contributed by atoms with Gasteiger partial charge in [-0.3, -0.25) is 0 Å². The van der Waals surface area contributed by atoms with Crippen molar-refractivity contribution in [1.29, 1.82) is 0 Å². The summed E-state index contributed by atoms with van der Waals surface area (Å²) in [6.45, 7) is 5.70. The van der Waals surface area contributed by atoms with Crippen molar-refractivity contribution in [2.24, 2.45) is 0 Å². The molecule has 0 aliphatic carbocycles. The molecule has 0 aliphatic rings. The van der Waals surface area contributed by atoms with E-state index in [2.05, 4.69) is 11.6 Å². The van der Waals surface area contributed by atoms with Crippen molar-refractivity contribution in [3.05, 3.63) is 42.1 Å². The molecule has 0 amide bonds. The molecule has 0 saturated carbocycles. The van der Waals surface area contributed by atoms with Gasteiger partial charge in [-0.1, -0.05) is 18.2 Å². The lowest BCUT2D eigenvalue weighted by molar-refractivity contribution is 0.419. The molecule has 2 N–H and O–H groups in total. The number of rotatable bonds is 3. The lowest BCUT2D eigenvalue weighted by Crippen LogP contribution is -2.01. The predicted molar refractivity (Wildman–Crippen MR) is 71.3 cm³/mol. The lowest BCUT2D eigenvalue weighted by Gasteiger charge is -2.12. The molecule has 3 heteroatoms. The molecular weight excluding hydrogens is 212 g/mol. The molecule has 1 heterocycles. The molecule has 1 aromatic heterocycles. The summed E-state index contributed by atoms with van der Waals surface area (Å²) in [6, 6.07) is 5.78. The van der Waals surface area contributed by atoms with Gasteiger partial charge in [0, 0.05) is 22.3 Å². The first kappa shape index (κ1) is 11.5. The standard InChI is InChI=1S/C14H16N2O/c1-4-6-10-9(2)16-14-11(13(10)15)7-5-8-12(14)17-3/h4-5,7-8H,1,6H2,2-3H3,(H2,15,16). The molecule has 3 nitrogen and oxygen atoms in total. The Labute approximate surface area is 101 Å². The molecule has 0 unspecified atom stereocenters. The van der Waals surface area contributed by atoms with E-state index in [9.17, 15) is 0 Å². The zero-order valence-electron chi connectivity index (χ0n) is 10.2. The van der Waals surface area contributed by atoms with E-state index in [1.54, 1.807) is 7.11 Å². The maximum Gasteiger partial charge on any atom is 0.145 e. The number of methoxy groups -OCH3 is 1. The van der Waals surface area contributed by atoms with Gasteiger partial charge in [-0.25, -0.2) is 4.98 Å². The van der Waals surface area contributed by atoms with Crippen LogP contribution >= 0.6 is 0 Å². The minimum absolute atomic E-state index is 0.734. The van der Waals surface area contributed by atoms with E-state index in [1.165, 1.54) is 0 Å². The molecule has 1 aromatic carbocycles. The highest BCUT2D eigenvalue weighted by molar-refractivity contribution is 5.95. The summed E-state index contributed by atoms with van der Waals surface area (Å²) >= 11 is 0. The Bertz CT molecular complexity index is 576. The number of ether oxygens (including phenoxy) is 1. The smallest absolute Gasteiger partial charge is 0.145 e. The van der Waals surface area contributed by atoms with Crippen molar-refractivity contribution < 1.29 is 4.74 Å². The molecule has 0 saturated heterocycles. The minimum Gasteiger partial charge on any atom is -0.494 e. The number of anilines is 1. The van der Waals surface area contributed by atoms with Crippen molar-refractivity contribution >= 4 is 16.6 Å². The summed E-state index contributed by atoms with van der Waals surface area (Å²) in [7, 11) is 1.64. The van der Waals surface area contributed by atoms with Crippen LogP contribution in [0.2, 0.25) is 0 Å². The summed E-state index contributed by atoms with van der Waals surface area (Å²) < 4.78 is 5.30. The van der Waals surface area contributed by atoms with E-state index in [4.69, 9.17) is 10.5 Å². The van der Waals surface area contributed by atoms with E-state index < -0.39 is 0 Å². The van der Waals surface area contributed by atoms with E-state index >= 15 is 0 Å². The molecule has 2 rings (SSSR count). The van der Waals surface area contributed by atoms with Crippen LogP contribution in [0.3, 0.4) is 0 Å². The van der Waals surface area contributed by atoms with Gasteiger partial charge in [-0.15, -0.1) is 6.58 Å². The molecule has 0 radical (unpaired) electrons. The van der Waals surface area contributed by atoms with Crippen molar-refractivity contribution in [3.63, 3.8) is 0 Å². The number of hydrogen-bond acceptors (Lipinski definition) is 3. The van der Waals surface area contributed by atoms with Crippen molar-refractivity contribution in [2.45, 2.75) is 13.3 Å². The Hall–Kier alpha value is -2.03. The average Bonchev–Trinajstić information content (AvgIpc) is 2.34. The third-order valence-electron chi connectivity index (χ3n) is 2.90. The Morgan fingerprint density at radius 3 is 2.88 bits per heavy atom. The Morgan fingerprint density at radius 2 is 2.24 bits per heavy atom. The molecule has 0 spiro atoms. The number of nitrogen functional groups attached to an aromatic ring is 1. The third kappa shape index (κ3) is 1.84. The Morgan fingerprint density at radius 1 is 1.47 bits per heavy atom. The number of hydrogen-bond donors (Lipinski definition) is 1. The van der Waals surface area contributed by atoms with Gasteiger partial charge in [0.2, 0.25) is 0 Å².